The van der Waals surface area contributed by atoms with Crippen molar-refractivity contribution in [2.75, 3.05) is 0 Å². The fourth-order valence-corrected chi connectivity index (χ4v) is 1.80. The molecule has 0 heterocycles. The van der Waals surface area contributed by atoms with Crippen LogP contribution < -0.4 is 10.5 Å². The predicted molar refractivity (Wildman–Crippen MR) is 73.2 cm³/mol. The molecule has 0 fully saturated rings. The van der Waals surface area contributed by atoms with Crippen LogP contribution in [0.2, 0.25) is 0 Å². The first-order valence-corrected chi connectivity index (χ1v) is 6.00. The van der Waals surface area contributed by atoms with Gasteiger partial charge in [0.15, 0.2) is 5.84 Å². The van der Waals surface area contributed by atoms with E-state index in [0.29, 0.717) is 17.1 Å². The van der Waals surface area contributed by atoms with Crippen molar-refractivity contribution < 1.29 is 9.94 Å². The van der Waals surface area contributed by atoms with Gasteiger partial charge in [-0.25, -0.2) is 0 Å². The zero-order valence-corrected chi connectivity index (χ0v) is 11.0. The normalized spacial score (nSPS) is 11.3. The number of rotatable bonds is 3. The van der Waals surface area contributed by atoms with Crippen molar-refractivity contribution >= 4 is 21.8 Å². The molecule has 0 unspecified atom stereocenters. The Bertz CT molecular complexity index is 570. The van der Waals surface area contributed by atoms with Crippen LogP contribution in [0.25, 0.3) is 0 Å². The summed E-state index contributed by atoms with van der Waals surface area (Å²) in [7, 11) is 0. The van der Waals surface area contributed by atoms with E-state index in [9.17, 15) is 0 Å². The summed E-state index contributed by atoms with van der Waals surface area (Å²) in [6, 6.07) is 14.6. The number of ether oxygens (including phenoxy) is 1. The number of benzene rings is 2. The van der Waals surface area contributed by atoms with Crippen LogP contribution in [0.3, 0.4) is 0 Å². The molecule has 0 spiro atoms. The van der Waals surface area contributed by atoms with Crippen LogP contribution in [0.5, 0.6) is 11.5 Å². The van der Waals surface area contributed by atoms with Gasteiger partial charge in [0.25, 0.3) is 0 Å². The summed E-state index contributed by atoms with van der Waals surface area (Å²) in [5, 5.41) is 11.7. The lowest BCUT2D eigenvalue weighted by atomic mass is 10.2. The Balaban J connectivity index is 2.40. The SMILES string of the molecule is N/C(=N/O)c1ccc(Br)cc1Oc1ccccc1. The highest BCUT2D eigenvalue weighted by Crippen LogP contribution is 2.28. The minimum Gasteiger partial charge on any atom is -0.457 e. The zero-order valence-electron chi connectivity index (χ0n) is 9.38. The predicted octanol–water partition coefficient (Wildman–Crippen LogP) is 3.34. The van der Waals surface area contributed by atoms with E-state index in [-0.39, 0.29) is 5.84 Å². The number of hydrogen-bond acceptors (Lipinski definition) is 3. The van der Waals surface area contributed by atoms with Crippen molar-refractivity contribution in [1.82, 2.24) is 0 Å². The molecular formula is C13H11BrN2O2. The van der Waals surface area contributed by atoms with Crippen molar-refractivity contribution in [3.63, 3.8) is 0 Å². The van der Waals surface area contributed by atoms with Gasteiger partial charge in [0.1, 0.15) is 11.5 Å². The molecule has 0 aliphatic rings. The van der Waals surface area contributed by atoms with Gasteiger partial charge in [-0.2, -0.15) is 0 Å². The highest BCUT2D eigenvalue weighted by Gasteiger charge is 2.09. The van der Waals surface area contributed by atoms with E-state index >= 15 is 0 Å². The van der Waals surface area contributed by atoms with Crippen LogP contribution >= 0.6 is 15.9 Å². The average Bonchev–Trinajstić information content (AvgIpc) is 2.39. The number of amidine groups is 1. The molecule has 2 rings (SSSR count). The lowest BCUT2D eigenvalue weighted by Crippen LogP contribution is -2.14. The van der Waals surface area contributed by atoms with Crippen molar-refractivity contribution in [2.45, 2.75) is 0 Å². The van der Waals surface area contributed by atoms with Crippen LogP contribution in [0.1, 0.15) is 5.56 Å². The second-order valence-electron chi connectivity index (χ2n) is 3.54. The lowest BCUT2D eigenvalue weighted by Gasteiger charge is -2.10. The minimum atomic E-state index is 0.00781. The summed E-state index contributed by atoms with van der Waals surface area (Å²) in [5.74, 6) is 1.21. The molecule has 0 aromatic heterocycles. The molecule has 0 aliphatic carbocycles. The Labute approximate surface area is 113 Å². The maximum Gasteiger partial charge on any atom is 0.173 e. The van der Waals surface area contributed by atoms with Gasteiger partial charge in [-0.3, -0.25) is 0 Å². The van der Waals surface area contributed by atoms with E-state index in [2.05, 4.69) is 21.1 Å². The number of hydrogen-bond donors (Lipinski definition) is 2. The zero-order chi connectivity index (χ0) is 13.0. The Morgan fingerprint density at radius 1 is 1.17 bits per heavy atom. The number of halogens is 1. The maximum atomic E-state index is 8.74. The van der Waals surface area contributed by atoms with Crippen LogP contribution in [0.15, 0.2) is 58.2 Å². The van der Waals surface area contributed by atoms with Crippen molar-refractivity contribution in [3.05, 3.63) is 58.6 Å². The van der Waals surface area contributed by atoms with Crippen LogP contribution in [-0.2, 0) is 0 Å². The summed E-state index contributed by atoms with van der Waals surface area (Å²) in [6.07, 6.45) is 0. The van der Waals surface area contributed by atoms with Gasteiger partial charge in [-0.1, -0.05) is 39.3 Å². The number of nitrogens with two attached hydrogens (primary N) is 1. The molecule has 0 aliphatic heterocycles. The minimum absolute atomic E-state index is 0.00781. The second-order valence-corrected chi connectivity index (χ2v) is 4.46. The van der Waals surface area contributed by atoms with Gasteiger partial charge in [-0.15, -0.1) is 0 Å². The van der Waals surface area contributed by atoms with E-state index in [0.717, 1.165) is 4.47 Å². The number of nitrogens with zero attached hydrogens (tertiary/aromatic N) is 1. The molecule has 3 N–H and O–H groups in total. The Kier molecular flexibility index (Phi) is 3.84. The maximum absolute atomic E-state index is 8.74. The highest BCUT2D eigenvalue weighted by atomic mass is 79.9. The Morgan fingerprint density at radius 3 is 2.56 bits per heavy atom. The van der Waals surface area contributed by atoms with Gasteiger partial charge in [0.05, 0.1) is 5.56 Å². The fraction of sp³-hybridized carbons (Fsp3) is 0. The molecular weight excluding hydrogens is 296 g/mol. The summed E-state index contributed by atoms with van der Waals surface area (Å²) >= 11 is 3.36. The number of para-hydroxylation sites is 1. The summed E-state index contributed by atoms with van der Waals surface area (Å²) in [6.45, 7) is 0. The van der Waals surface area contributed by atoms with E-state index in [1.165, 1.54) is 0 Å². The van der Waals surface area contributed by atoms with Crippen LogP contribution in [0, 0.1) is 0 Å². The third-order valence-electron chi connectivity index (χ3n) is 2.30. The van der Waals surface area contributed by atoms with E-state index in [1.807, 2.05) is 30.3 Å². The lowest BCUT2D eigenvalue weighted by molar-refractivity contribution is 0.318. The van der Waals surface area contributed by atoms with Crippen molar-refractivity contribution in [1.29, 1.82) is 0 Å². The summed E-state index contributed by atoms with van der Waals surface area (Å²) < 4.78 is 6.56. The average molecular weight is 307 g/mol. The largest absolute Gasteiger partial charge is 0.457 e. The summed E-state index contributed by atoms with van der Waals surface area (Å²) in [4.78, 5) is 0. The van der Waals surface area contributed by atoms with Gasteiger partial charge in [0.2, 0.25) is 0 Å². The number of oxime groups is 1. The molecule has 0 atom stereocenters. The molecule has 0 saturated heterocycles. The molecule has 5 heteroatoms. The molecule has 92 valence electrons. The standard InChI is InChI=1S/C13H11BrN2O2/c14-9-6-7-11(13(15)16-17)12(8-9)18-10-4-2-1-3-5-10/h1-8,17H,(H2,15,16). The molecule has 0 radical (unpaired) electrons. The summed E-state index contributed by atoms with van der Waals surface area (Å²) in [5.41, 5.74) is 6.14. The van der Waals surface area contributed by atoms with Crippen molar-refractivity contribution in [2.24, 2.45) is 10.9 Å². The fourth-order valence-electron chi connectivity index (χ4n) is 1.46. The van der Waals surface area contributed by atoms with Gasteiger partial charge >= 0.3 is 0 Å². The molecule has 0 amide bonds. The molecule has 18 heavy (non-hydrogen) atoms. The smallest absolute Gasteiger partial charge is 0.173 e. The van der Waals surface area contributed by atoms with Crippen LogP contribution in [0.4, 0.5) is 0 Å². The second kappa shape index (κ2) is 5.55. The van der Waals surface area contributed by atoms with Gasteiger partial charge < -0.3 is 15.7 Å². The molecule has 4 nitrogen and oxygen atoms in total. The monoisotopic (exact) mass is 306 g/mol. The Morgan fingerprint density at radius 2 is 1.89 bits per heavy atom. The first-order chi connectivity index (χ1) is 8.70. The van der Waals surface area contributed by atoms with Crippen molar-refractivity contribution in [3.8, 4) is 11.5 Å². The van der Waals surface area contributed by atoms with E-state index in [4.69, 9.17) is 15.7 Å². The van der Waals surface area contributed by atoms with E-state index in [1.54, 1.807) is 18.2 Å². The molecule has 2 aromatic carbocycles. The first-order valence-electron chi connectivity index (χ1n) is 5.21. The third-order valence-corrected chi connectivity index (χ3v) is 2.79. The molecule has 0 bridgehead atoms. The van der Waals surface area contributed by atoms with Gasteiger partial charge in [0, 0.05) is 4.47 Å². The first kappa shape index (κ1) is 12.4. The van der Waals surface area contributed by atoms with E-state index < -0.39 is 0 Å². The quantitative estimate of drug-likeness (QED) is 0.395. The highest BCUT2D eigenvalue weighted by molar-refractivity contribution is 9.10. The topological polar surface area (TPSA) is 67.8 Å². The molecule has 0 saturated carbocycles. The Hall–Kier alpha value is -2.01. The van der Waals surface area contributed by atoms with Crippen LogP contribution in [-0.4, -0.2) is 11.0 Å². The van der Waals surface area contributed by atoms with Gasteiger partial charge in [-0.05, 0) is 30.3 Å². The molecule has 2 aromatic rings. The third kappa shape index (κ3) is 2.81.